The van der Waals surface area contributed by atoms with Crippen molar-refractivity contribution >= 4 is 51.5 Å². The molecular formula is C28H21ClF3N5O4S. The fourth-order valence-corrected chi connectivity index (χ4v) is 5.84. The van der Waals surface area contributed by atoms with Gasteiger partial charge in [0, 0.05) is 21.3 Å². The van der Waals surface area contributed by atoms with Crippen LogP contribution in [0.25, 0.3) is 15.9 Å². The SMILES string of the molecule is CCc1cc(C(=O)c2ccccc2Cl)c(-n2c(CNC(=O)c3cc4ccccc4n3CC(=O)O)nnc2C(F)(F)F)s1. The van der Waals surface area contributed by atoms with Crippen LogP contribution in [0.2, 0.25) is 5.02 Å². The van der Waals surface area contributed by atoms with Gasteiger partial charge in [-0.25, -0.2) is 0 Å². The van der Waals surface area contributed by atoms with Crippen LogP contribution in [0.5, 0.6) is 0 Å². The molecule has 0 atom stereocenters. The summed E-state index contributed by atoms with van der Waals surface area (Å²) >= 11 is 7.19. The summed E-state index contributed by atoms with van der Waals surface area (Å²) < 4.78 is 44.4. The zero-order valence-corrected chi connectivity index (χ0v) is 23.3. The molecule has 0 bridgehead atoms. The summed E-state index contributed by atoms with van der Waals surface area (Å²) in [5, 5.41) is 19.7. The Hall–Kier alpha value is -4.49. The van der Waals surface area contributed by atoms with Crippen LogP contribution in [-0.2, 0) is 30.5 Å². The van der Waals surface area contributed by atoms with Gasteiger partial charge in [0.15, 0.2) is 11.6 Å². The largest absolute Gasteiger partial charge is 0.480 e. The Bertz CT molecular complexity index is 1840. The number of alkyl halides is 3. The molecule has 0 aliphatic rings. The Morgan fingerprint density at radius 3 is 2.43 bits per heavy atom. The van der Waals surface area contributed by atoms with E-state index in [2.05, 4.69) is 15.5 Å². The molecule has 2 N–H and O–H groups in total. The topological polar surface area (TPSA) is 119 Å². The average molecular weight is 616 g/mol. The van der Waals surface area contributed by atoms with Crippen LogP contribution >= 0.6 is 22.9 Å². The van der Waals surface area contributed by atoms with E-state index in [1.807, 2.05) is 0 Å². The minimum Gasteiger partial charge on any atom is -0.480 e. The maximum atomic E-state index is 14.1. The number of para-hydroxylation sites is 1. The lowest BCUT2D eigenvalue weighted by molar-refractivity contribution is -0.146. The van der Waals surface area contributed by atoms with Gasteiger partial charge in [0.25, 0.3) is 5.91 Å². The number of aryl methyl sites for hydroxylation is 1. The molecule has 0 saturated heterocycles. The van der Waals surface area contributed by atoms with Crippen molar-refractivity contribution in [1.82, 2.24) is 24.6 Å². The number of amides is 1. The van der Waals surface area contributed by atoms with Crippen LogP contribution in [0, 0.1) is 0 Å². The summed E-state index contributed by atoms with van der Waals surface area (Å²) in [6, 6.07) is 16.0. The number of ketones is 1. The average Bonchev–Trinajstić information content (AvgIpc) is 3.66. The van der Waals surface area contributed by atoms with Crippen LogP contribution < -0.4 is 5.32 Å². The smallest absolute Gasteiger partial charge is 0.452 e. The molecule has 0 aliphatic carbocycles. The van der Waals surface area contributed by atoms with Crippen molar-refractivity contribution in [3.8, 4) is 5.00 Å². The number of carboxylic acid groups (broad SMARTS) is 1. The van der Waals surface area contributed by atoms with Crippen LogP contribution in [0.4, 0.5) is 13.2 Å². The van der Waals surface area contributed by atoms with Crippen molar-refractivity contribution in [1.29, 1.82) is 0 Å². The number of benzene rings is 2. The lowest BCUT2D eigenvalue weighted by Gasteiger charge is -2.13. The highest BCUT2D eigenvalue weighted by Gasteiger charge is 2.40. The highest BCUT2D eigenvalue weighted by atomic mass is 35.5. The quantitative estimate of drug-likeness (QED) is 0.203. The summed E-state index contributed by atoms with van der Waals surface area (Å²) in [5.74, 6) is -4.15. The number of thiophene rings is 1. The number of aromatic nitrogens is 4. The van der Waals surface area contributed by atoms with Crippen molar-refractivity contribution in [3.63, 3.8) is 0 Å². The molecule has 0 fully saturated rings. The normalized spacial score (nSPS) is 11.6. The van der Waals surface area contributed by atoms with E-state index in [9.17, 15) is 32.7 Å². The van der Waals surface area contributed by atoms with E-state index in [1.165, 1.54) is 28.8 Å². The van der Waals surface area contributed by atoms with Crippen LogP contribution in [0.1, 0.15) is 49.9 Å². The lowest BCUT2D eigenvalue weighted by Crippen LogP contribution is -2.28. The molecule has 0 aliphatic heterocycles. The first-order valence-electron chi connectivity index (χ1n) is 12.5. The molecule has 0 spiro atoms. The summed E-state index contributed by atoms with van der Waals surface area (Å²) in [5.41, 5.74) is 0.591. The molecule has 0 saturated carbocycles. The van der Waals surface area contributed by atoms with E-state index in [0.29, 0.717) is 22.2 Å². The maximum absolute atomic E-state index is 14.1. The number of rotatable bonds is 9. The summed E-state index contributed by atoms with van der Waals surface area (Å²) in [6.07, 6.45) is -4.50. The van der Waals surface area contributed by atoms with Crippen molar-refractivity contribution < 1.29 is 32.7 Å². The van der Waals surface area contributed by atoms with E-state index in [1.54, 1.807) is 43.3 Å². The molecule has 0 radical (unpaired) electrons. The Balaban J connectivity index is 1.55. The molecule has 0 unspecified atom stereocenters. The highest BCUT2D eigenvalue weighted by molar-refractivity contribution is 7.15. The molecule has 1 amide bonds. The minimum atomic E-state index is -4.94. The molecule has 9 nitrogen and oxygen atoms in total. The van der Waals surface area contributed by atoms with Crippen molar-refractivity contribution in [2.24, 2.45) is 0 Å². The lowest BCUT2D eigenvalue weighted by atomic mass is 10.0. The van der Waals surface area contributed by atoms with E-state index in [-0.39, 0.29) is 32.7 Å². The van der Waals surface area contributed by atoms with E-state index in [0.717, 1.165) is 15.9 Å². The fraction of sp³-hybridized carbons (Fsp3) is 0.179. The van der Waals surface area contributed by atoms with Gasteiger partial charge in [-0.3, -0.25) is 19.0 Å². The fourth-order valence-electron chi connectivity index (χ4n) is 4.51. The number of carboxylic acids is 1. The Morgan fingerprint density at radius 2 is 1.74 bits per heavy atom. The minimum absolute atomic E-state index is 0.000288. The molecule has 42 heavy (non-hydrogen) atoms. The number of halogens is 4. The molecular weight excluding hydrogens is 595 g/mol. The predicted octanol–water partition coefficient (Wildman–Crippen LogP) is 5.76. The van der Waals surface area contributed by atoms with Crippen LogP contribution in [0.3, 0.4) is 0 Å². The second-order valence-electron chi connectivity index (χ2n) is 9.12. The number of nitrogens with one attached hydrogen (secondary N) is 1. The highest BCUT2D eigenvalue weighted by Crippen LogP contribution is 2.36. The molecule has 5 aromatic rings. The first kappa shape index (κ1) is 29.0. The number of carbonyl (C=O) groups excluding carboxylic acids is 2. The molecule has 2 aromatic carbocycles. The van der Waals surface area contributed by atoms with Gasteiger partial charge in [-0.1, -0.05) is 48.9 Å². The van der Waals surface area contributed by atoms with E-state index < -0.39 is 42.7 Å². The van der Waals surface area contributed by atoms with E-state index >= 15 is 0 Å². The zero-order valence-electron chi connectivity index (χ0n) is 21.8. The predicted molar refractivity (Wildman–Crippen MR) is 149 cm³/mol. The number of aliphatic carboxylic acids is 1. The second-order valence-corrected chi connectivity index (χ2v) is 10.6. The first-order valence-corrected chi connectivity index (χ1v) is 13.7. The number of nitrogens with zero attached hydrogens (tertiary/aromatic N) is 4. The summed E-state index contributed by atoms with van der Waals surface area (Å²) in [6.45, 7) is 0.788. The zero-order chi connectivity index (χ0) is 30.2. The monoisotopic (exact) mass is 615 g/mol. The van der Waals surface area contributed by atoms with Crippen LogP contribution in [-0.4, -0.2) is 42.1 Å². The van der Waals surface area contributed by atoms with Crippen LogP contribution in [0.15, 0.2) is 60.7 Å². The number of hydrogen-bond donors (Lipinski definition) is 2. The number of carbonyl (C=O) groups is 3. The Labute approximate surface area is 245 Å². The van der Waals surface area contributed by atoms with Gasteiger partial charge in [-0.2, -0.15) is 13.2 Å². The van der Waals surface area contributed by atoms with Gasteiger partial charge in [0.05, 0.1) is 17.1 Å². The molecule has 14 heteroatoms. The van der Waals surface area contributed by atoms with Gasteiger partial charge in [-0.15, -0.1) is 21.5 Å². The van der Waals surface area contributed by atoms with E-state index in [4.69, 9.17) is 11.6 Å². The van der Waals surface area contributed by atoms with Gasteiger partial charge in [0.2, 0.25) is 5.82 Å². The Kier molecular flexibility index (Phi) is 7.89. The molecule has 216 valence electrons. The third kappa shape index (κ3) is 5.52. The van der Waals surface area contributed by atoms with Gasteiger partial charge < -0.3 is 15.0 Å². The van der Waals surface area contributed by atoms with Gasteiger partial charge in [0.1, 0.15) is 17.2 Å². The second kappa shape index (κ2) is 11.4. The van der Waals surface area contributed by atoms with Crippen molar-refractivity contribution in [2.75, 3.05) is 0 Å². The number of fused-ring (bicyclic) bond motifs is 1. The maximum Gasteiger partial charge on any atom is 0.452 e. The molecule has 3 aromatic heterocycles. The summed E-state index contributed by atoms with van der Waals surface area (Å²) in [7, 11) is 0. The Morgan fingerprint density at radius 1 is 1.02 bits per heavy atom. The summed E-state index contributed by atoms with van der Waals surface area (Å²) in [4.78, 5) is 38.9. The molecule has 5 rings (SSSR count). The first-order chi connectivity index (χ1) is 20.0. The third-order valence-corrected chi connectivity index (χ3v) is 8.00. The van der Waals surface area contributed by atoms with Gasteiger partial charge in [-0.05, 0) is 36.8 Å². The van der Waals surface area contributed by atoms with Crippen molar-refractivity contribution in [2.45, 2.75) is 32.6 Å². The third-order valence-electron chi connectivity index (χ3n) is 6.41. The number of hydrogen-bond acceptors (Lipinski definition) is 6. The van der Waals surface area contributed by atoms with Crippen molar-refractivity contribution in [3.05, 3.63) is 99.0 Å². The standard InChI is InChI=1S/C28H21ClF3N5O4S/c1-2-16-12-18(24(40)17-8-4-5-9-19(17)29)26(42-16)37-22(34-35-27(37)28(30,31)32)13-33-25(41)21-11-15-7-3-6-10-20(15)36(21)14-23(38)39/h3-12H,2,13-14H2,1H3,(H,33,41)(H,38,39). The van der Waals surface area contributed by atoms with Gasteiger partial charge >= 0.3 is 12.1 Å². The molecule has 3 heterocycles.